The first-order chi connectivity index (χ1) is 13.9. The van der Waals surface area contributed by atoms with Crippen LogP contribution in [0.25, 0.3) is 0 Å². The molecule has 0 spiro atoms. The van der Waals surface area contributed by atoms with Crippen molar-refractivity contribution in [3.05, 3.63) is 58.1 Å². The van der Waals surface area contributed by atoms with Crippen LogP contribution in [0, 0.1) is 13.8 Å². The number of carbonyl (C=O) groups excluding carboxylic acids is 2. The van der Waals surface area contributed by atoms with Crippen LogP contribution in [0.4, 0.5) is 11.4 Å². The van der Waals surface area contributed by atoms with Crippen LogP contribution in [-0.4, -0.2) is 31.4 Å². The summed E-state index contributed by atoms with van der Waals surface area (Å²) in [6, 6.07) is 9.12. The lowest BCUT2D eigenvalue weighted by atomic mass is 10.3. The number of halogens is 1. The molecule has 2 aromatic heterocycles. The summed E-state index contributed by atoms with van der Waals surface area (Å²) in [7, 11) is 0. The number of anilines is 2. The third-order valence-corrected chi connectivity index (χ3v) is 5.60. The summed E-state index contributed by atoms with van der Waals surface area (Å²) in [6.07, 6.45) is 1.89. The Kier molecular flexibility index (Phi) is 6.48. The van der Waals surface area contributed by atoms with Gasteiger partial charge in [0.1, 0.15) is 0 Å². The molecule has 2 N–H and O–H groups in total. The molecule has 3 aromatic rings. The lowest BCUT2D eigenvalue weighted by Crippen LogP contribution is -2.19. The predicted octanol–water partition coefficient (Wildman–Crippen LogP) is 3.76. The number of amides is 2. The average molecular weight is 459 g/mol. The zero-order valence-electron chi connectivity index (χ0n) is 16.6. The minimum atomic E-state index is -0.374. The quantitative estimate of drug-likeness (QED) is 0.563. The SMILES string of the molecule is CCn1cc(NC(=O)CCn2nc(C)c(Br)c2C)c(C(=O)Nc2ccccc2)n1. The molecule has 8 nitrogen and oxygen atoms in total. The van der Waals surface area contributed by atoms with Crippen molar-refractivity contribution in [2.75, 3.05) is 10.6 Å². The van der Waals surface area contributed by atoms with E-state index in [0.29, 0.717) is 24.5 Å². The molecule has 0 radical (unpaired) electrons. The van der Waals surface area contributed by atoms with Gasteiger partial charge in [-0.15, -0.1) is 0 Å². The maximum Gasteiger partial charge on any atom is 0.278 e. The van der Waals surface area contributed by atoms with Crippen LogP contribution < -0.4 is 10.6 Å². The van der Waals surface area contributed by atoms with Crippen LogP contribution >= 0.6 is 15.9 Å². The van der Waals surface area contributed by atoms with E-state index < -0.39 is 0 Å². The van der Waals surface area contributed by atoms with Gasteiger partial charge in [0.15, 0.2) is 5.69 Å². The normalized spacial score (nSPS) is 10.8. The number of nitrogens with zero attached hydrogens (tertiary/aromatic N) is 4. The average Bonchev–Trinajstić information content (AvgIpc) is 3.23. The van der Waals surface area contributed by atoms with E-state index in [4.69, 9.17) is 0 Å². The molecule has 0 aliphatic carbocycles. The maximum absolute atomic E-state index is 12.7. The molecule has 0 aliphatic heterocycles. The first-order valence-electron chi connectivity index (χ1n) is 9.32. The molecule has 9 heteroatoms. The van der Waals surface area contributed by atoms with Gasteiger partial charge in [0.05, 0.1) is 22.4 Å². The third-order valence-electron chi connectivity index (χ3n) is 4.45. The summed E-state index contributed by atoms with van der Waals surface area (Å²) in [4.78, 5) is 25.1. The van der Waals surface area contributed by atoms with E-state index >= 15 is 0 Å². The Morgan fingerprint density at radius 1 is 1.10 bits per heavy atom. The van der Waals surface area contributed by atoms with Gasteiger partial charge in [-0.2, -0.15) is 10.2 Å². The molecule has 0 unspecified atom stereocenters. The minimum Gasteiger partial charge on any atom is -0.323 e. The van der Waals surface area contributed by atoms with Gasteiger partial charge >= 0.3 is 0 Å². The Morgan fingerprint density at radius 2 is 1.83 bits per heavy atom. The molecule has 29 heavy (non-hydrogen) atoms. The fourth-order valence-electron chi connectivity index (χ4n) is 2.87. The van der Waals surface area contributed by atoms with Crippen LogP contribution in [0.5, 0.6) is 0 Å². The van der Waals surface area contributed by atoms with Crippen molar-refractivity contribution in [2.24, 2.45) is 0 Å². The van der Waals surface area contributed by atoms with E-state index in [0.717, 1.165) is 15.9 Å². The van der Waals surface area contributed by atoms with E-state index in [2.05, 4.69) is 36.8 Å². The Labute approximate surface area is 177 Å². The number of carbonyl (C=O) groups is 2. The van der Waals surface area contributed by atoms with Crippen molar-refractivity contribution in [1.82, 2.24) is 19.6 Å². The molecule has 152 valence electrons. The van der Waals surface area contributed by atoms with Crippen molar-refractivity contribution >= 4 is 39.1 Å². The molecule has 0 fully saturated rings. The summed E-state index contributed by atoms with van der Waals surface area (Å²) in [6.45, 7) is 6.79. The maximum atomic E-state index is 12.7. The van der Waals surface area contributed by atoms with Gasteiger partial charge in [-0.25, -0.2) is 0 Å². The summed E-state index contributed by atoms with van der Waals surface area (Å²) in [5.74, 6) is -0.584. The van der Waals surface area contributed by atoms with E-state index in [1.165, 1.54) is 0 Å². The van der Waals surface area contributed by atoms with Crippen LogP contribution in [0.3, 0.4) is 0 Å². The summed E-state index contributed by atoms with van der Waals surface area (Å²) < 4.78 is 4.35. The van der Waals surface area contributed by atoms with Gasteiger partial charge in [-0.05, 0) is 48.8 Å². The topological polar surface area (TPSA) is 93.8 Å². The number of aryl methyl sites for hydroxylation is 3. The van der Waals surface area contributed by atoms with Crippen molar-refractivity contribution in [3.8, 4) is 0 Å². The zero-order valence-corrected chi connectivity index (χ0v) is 18.2. The molecule has 0 atom stereocenters. The Hall–Kier alpha value is -2.94. The van der Waals surface area contributed by atoms with Gasteiger partial charge in [-0.3, -0.25) is 19.0 Å². The molecule has 0 aliphatic rings. The Bertz CT molecular complexity index is 1030. The van der Waals surface area contributed by atoms with Gasteiger partial charge in [-0.1, -0.05) is 18.2 Å². The fraction of sp³-hybridized carbons (Fsp3) is 0.300. The summed E-state index contributed by atoms with van der Waals surface area (Å²) in [5.41, 5.74) is 3.08. The lowest BCUT2D eigenvalue weighted by Gasteiger charge is -2.07. The molecule has 0 saturated heterocycles. The van der Waals surface area contributed by atoms with E-state index in [-0.39, 0.29) is 23.9 Å². The standard InChI is InChI=1S/C20H23BrN6O2/c1-4-26-12-16(19(25-26)20(29)22-15-8-6-5-7-9-15)23-17(28)10-11-27-14(3)18(21)13(2)24-27/h5-9,12H,4,10-11H2,1-3H3,(H,22,29)(H,23,28). The van der Waals surface area contributed by atoms with Gasteiger partial charge in [0.25, 0.3) is 5.91 Å². The predicted molar refractivity (Wildman–Crippen MR) is 115 cm³/mol. The van der Waals surface area contributed by atoms with E-state index in [9.17, 15) is 9.59 Å². The van der Waals surface area contributed by atoms with Crippen molar-refractivity contribution in [3.63, 3.8) is 0 Å². The molecule has 0 bridgehead atoms. The highest BCUT2D eigenvalue weighted by molar-refractivity contribution is 9.10. The molecule has 3 rings (SSSR count). The van der Waals surface area contributed by atoms with Gasteiger partial charge < -0.3 is 10.6 Å². The molecule has 0 saturated carbocycles. The van der Waals surface area contributed by atoms with Crippen molar-refractivity contribution in [1.29, 1.82) is 0 Å². The lowest BCUT2D eigenvalue weighted by molar-refractivity contribution is -0.116. The number of aromatic nitrogens is 4. The number of hydrogen-bond acceptors (Lipinski definition) is 4. The van der Waals surface area contributed by atoms with Crippen molar-refractivity contribution in [2.45, 2.75) is 40.3 Å². The minimum absolute atomic E-state index is 0.179. The highest BCUT2D eigenvalue weighted by Crippen LogP contribution is 2.20. The third kappa shape index (κ3) is 4.92. The zero-order chi connectivity index (χ0) is 21.0. The fourth-order valence-corrected chi connectivity index (χ4v) is 3.15. The molecular weight excluding hydrogens is 436 g/mol. The van der Waals surface area contributed by atoms with Gasteiger partial charge in [0.2, 0.25) is 5.91 Å². The van der Waals surface area contributed by atoms with Crippen LogP contribution in [0.2, 0.25) is 0 Å². The van der Waals surface area contributed by atoms with Crippen LogP contribution in [0.15, 0.2) is 41.0 Å². The second kappa shape index (κ2) is 9.04. The second-order valence-corrected chi connectivity index (χ2v) is 7.37. The second-order valence-electron chi connectivity index (χ2n) is 6.57. The van der Waals surface area contributed by atoms with Crippen LogP contribution in [0.1, 0.15) is 35.2 Å². The van der Waals surface area contributed by atoms with E-state index in [1.807, 2.05) is 39.0 Å². The highest BCUT2D eigenvalue weighted by Gasteiger charge is 2.19. The Morgan fingerprint density at radius 3 is 2.45 bits per heavy atom. The number of hydrogen-bond donors (Lipinski definition) is 2. The van der Waals surface area contributed by atoms with Gasteiger partial charge in [0, 0.05) is 30.5 Å². The molecule has 1 aromatic carbocycles. The monoisotopic (exact) mass is 458 g/mol. The number of para-hydroxylation sites is 1. The Balaban J connectivity index is 1.69. The van der Waals surface area contributed by atoms with Crippen molar-refractivity contribution < 1.29 is 9.59 Å². The number of nitrogens with one attached hydrogen (secondary N) is 2. The summed E-state index contributed by atoms with van der Waals surface area (Å²) in [5, 5.41) is 14.3. The first-order valence-corrected chi connectivity index (χ1v) is 10.1. The first kappa shape index (κ1) is 20.8. The summed E-state index contributed by atoms with van der Waals surface area (Å²) >= 11 is 3.48. The van der Waals surface area contributed by atoms with E-state index in [1.54, 1.807) is 27.7 Å². The number of rotatable bonds is 7. The molecular formula is C20H23BrN6O2. The number of benzene rings is 1. The molecule has 2 heterocycles. The van der Waals surface area contributed by atoms with Crippen LogP contribution in [-0.2, 0) is 17.9 Å². The molecule has 2 amide bonds. The highest BCUT2D eigenvalue weighted by atomic mass is 79.9. The largest absolute Gasteiger partial charge is 0.323 e. The smallest absolute Gasteiger partial charge is 0.278 e.